The molecule has 146 valence electrons. The first-order chi connectivity index (χ1) is 12.3. The maximum Gasteiger partial charge on any atom is 0.193 e. The van der Waals surface area contributed by atoms with Gasteiger partial charge in [0.1, 0.15) is 0 Å². The predicted octanol–water partition coefficient (Wildman–Crippen LogP) is 2.90. The minimum atomic E-state index is 0. The molecule has 1 N–H and O–H groups in total. The zero-order valence-corrected chi connectivity index (χ0v) is 18.0. The standard InChI is InChI=1S/C19H29N3O3.HI/c1-3-20-19(22(2)13-16-7-10-23-14-16)21-12-15-5-6-17-18(11-15)25-9-4-8-24-17;/h5-6,11,16H,3-4,7-10,12-14H2,1-2H3,(H,20,21);1H. The summed E-state index contributed by atoms with van der Waals surface area (Å²) in [6.07, 6.45) is 2.05. The van der Waals surface area contributed by atoms with E-state index in [4.69, 9.17) is 19.2 Å². The average Bonchev–Trinajstić information content (AvgIpc) is 3.01. The molecule has 0 bridgehead atoms. The lowest BCUT2D eigenvalue weighted by Crippen LogP contribution is -2.41. The molecule has 7 heteroatoms. The summed E-state index contributed by atoms with van der Waals surface area (Å²) in [6.45, 7) is 7.67. The van der Waals surface area contributed by atoms with Crippen LogP contribution in [0.1, 0.15) is 25.3 Å². The maximum absolute atomic E-state index is 5.77. The van der Waals surface area contributed by atoms with Crippen LogP contribution in [0.2, 0.25) is 0 Å². The van der Waals surface area contributed by atoms with E-state index in [-0.39, 0.29) is 24.0 Å². The Labute approximate surface area is 173 Å². The van der Waals surface area contributed by atoms with E-state index >= 15 is 0 Å². The minimum Gasteiger partial charge on any atom is -0.490 e. The molecule has 1 unspecified atom stereocenters. The van der Waals surface area contributed by atoms with Crippen LogP contribution in [0, 0.1) is 5.92 Å². The van der Waals surface area contributed by atoms with Gasteiger partial charge in [0.05, 0.1) is 26.4 Å². The second-order valence-electron chi connectivity index (χ2n) is 6.61. The molecule has 3 rings (SSSR count). The largest absolute Gasteiger partial charge is 0.490 e. The Morgan fingerprint density at radius 1 is 1.23 bits per heavy atom. The summed E-state index contributed by atoms with van der Waals surface area (Å²) in [5.41, 5.74) is 1.12. The lowest BCUT2D eigenvalue weighted by Gasteiger charge is -2.24. The van der Waals surface area contributed by atoms with E-state index in [9.17, 15) is 0 Å². The van der Waals surface area contributed by atoms with Crippen molar-refractivity contribution in [3.63, 3.8) is 0 Å². The van der Waals surface area contributed by atoms with Crippen LogP contribution in [0.4, 0.5) is 0 Å². The molecular weight excluding hydrogens is 445 g/mol. The molecule has 2 aliphatic heterocycles. The first kappa shape index (κ1) is 21.1. The van der Waals surface area contributed by atoms with Gasteiger partial charge in [-0.05, 0) is 31.0 Å². The van der Waals surface area contributed by atoms with E-state index in [0.29, 0.717) is 25.7 Å². The molecule has 6 nitrogen and oxygen atoms in total. The van der Waals surface area contributed by atoms with Crippen molar-refractivity contribution in [2.75, 3.05) is 46.6 Å². The molecule has 0 aliphatic carbocycles. The molecule has 1 atom stereocenters. The van der Waals surface area contributed by atoms with Gasteiger partial charge >= 0.3 is 0 Å². The van der Waals surface area contributed by atoms with Gasteiger partial charge in [0.2, 0.25) is 0 Å². The molecule has 0 saturated carbocycles. The molecule has 26 heavy (non-hydrogen) atoms. The molecule has 0 aromatic heterocycles. The summed E-state index contributed by atoms with van der Waals surface area (Å²) in [4.78, 5) is 6.99. The lowest BCUT2D eigenvalue weighted by molar-refractivity contribution is 0.181. The Hall–Kier alpha value is -1.22. The Balaban J connectivity index is 0.00000243. The van der Waals surface area contributed by atoms with E-state index in [1.165, 1.54) is 0 Å². The van der Waals surface area contributed by atoms with E-state index < -0.39 is 0 Å². The highest BCUT2D eigenvalue weighted by Crippen LogP contribution is 2.30. The van der Waals surface area contributed by atoms with Gasteiger partial charge in [-0.25, -0.2) is 4.99 Å². The van der Waals surface area contributed by atoms with Crippen LogP contribution in [0.25, 0.3) is 0 Å². The van der Waals surface area contributed by atoms with Crippen LogP contribution in [0.3, 0.4) is 0 Å². The summed E-state index contributed by atoms with van der Waals surface area (Å²) in [5, 5.41) is 3.38. The first-order valence-corrected chi connectivity index (χ1v) is 9.22. The molecule has 1 aromatic rings. The fourth-order valence-corrected chi connectivity index (χ4v) is 3.14. The van der Waals surface area contributed by atoms with Crippen LogP contribution >= 0.6 is 24.0 Å². The number of benzene rings is 1. The smallest absolute Gasteiger partial charge is 0.193 e. The van der Waals surface area contributed by atoms with Crippen LogP contribution in [-0.2, 0) is 11.3 Å². The molecular formula is C19H30IN3O3. The Kier molecular flexibility index (Phi) is 8.77. The van der Waals surface area contributed by atoms with E-state index in [2.05, 4.69) is 30.3 Å². The molecule has 0 spiro atoms. The number of rotatable bonds is 5. The van der Waals surface area contributed by atoms with Crippen molar-refractivity contribution >= 4 is 29.9 Å². The molecule has 0 radical (unpaired) electrons. The number of halogens is 1. The topological polar surface area (TPSA) is 55.3 Å². The molecule has 1 saturated heterocycles. The molecule has 2 aliphatic rings. The van der Waals surface area contributed by atoms with Gasteiger partial charge in [-0.3, -0.25) is 0 Å². The third kappa shape index (κ3) is 5.90. The number of fused-ring (bicyclic) bond motifs is 1. The van der Waals surface area contributed by atoms with Crippen molar-refractivity contribution in [1.29, 1.82) is 0 Å². The summed E-state index contributed by atoms with van der Waals surface area (Å²) >= 11 is 0. The summed E-state index contributed by atoms with van der Waals surface area (Å²) in [6, 6.07) is 6.09. The van der Waals surface area contributed by atoms with Crippen LogP contribution in [-0.4, -0.2) is 57.4 Å². The third-order valence-electron chi connectivity index (χ3n) is 4.48. The van der Waals surface area contributed by atoms with Gasteiger partial charge in [0, 0.05) is 39.1 Å². The van der Waals surface area contributed by atoms with E-state index in [0.717, 1.165) is 62.2 Å². The second-order valence-corrected chi connectivity index (χ2v) is 6.61. The zero-order chi connectivity index (χ0) is 17.5. The van der Waals surface area contributed by atoms with Crippen LogP contribution in [0.15, 0.2) is 23.2 Å². The lowest BCUT2D eigenvalue weighted by atomic mass is 10.1. The SMILES string of the molecule is CCNC(=NCc1ccc2c(c1)OCCCO2)N(C)CC1CCOC1.I. The Bertz CT molecular complexity index is 591. The highest BCUT2D eigenvalue weighted by molar-refractivity contribution is 14.0. The Morgan fingerprint density at radius 3 is 2.77 bits per heavy atom. The number of nitrogens with zero attached hydrogens (tertiary/aromatic N) is 2. The number of hydrogen-bond acceptors (Lipinski definition) is 4. The maximum atomic E-state index is 5.77. The number of guanidine groups is 1. The van der Waals surface area contributed by atoms with Crippen LogP contribution in [0.5, 0.6) is 11.5 Å². The minimum absolute atomic E-state index is 0. The van der Waals surface area contributed by atoms with Gasteiger partial charge in [0.15, 0.2) is 17.5 Å². The summed E-state index contributed by atoms with van der Waals surface area (Å²) < 4.78 is 16.9. The van der Waals surface area contributed by atoms with Crippen molar-refractivity contribution in [2.45, 2.75) is 26.3 Å². The van der Waals surface area contributed by atoms with Crippen molar-refractivity contribution in [2.24, 2.45) is 10.9 Å². The zero-order valence-electron chi connectivity index (χ0n) is 15.7. The van der Waals surface area contributed by atoms with Crippen molar-refractivity contribution < 1.29 is 14.2 Å². The van der Waals surface area contributed by atoms with Crippen molar-refractivity contribution in [3.05, 3.63) is 23.8 Å². The normalized spacial score (nSPS) is 19.5. The predicted molar refractivity (Wildman–Crippen MR) is 114 cm³/mol. The van der Waals surface area contributed by atoms with E-state index in [1.54, 1.807) is 0 Å². The monoisotopic (exact) mass is 475 g/mol. The van der Waals surface area contributed by atoms with Gasteiger partial charge < -0.3 is 24.4 Å². The summed E-state index contributed by atoms with van der Waals surface area (Å²) in [5.74, 6) is 3.18. The van der Waals surface area contributed by atoms with E-state index in [1.807, 2.05) is 12.1 Å². The summed E-state index contributed by atoms with van der Waals surface area (Å²) in [7, 11) is 2.09. The average molecular weight is 475 g/mol. The first-order valence-electron chi connectivity index (χ1n) is 9.22. The fraction of sp³-hybridized carbons (Fsp3) is 0.632. The van der Waals surface area contributed by atoms with Gasteiger partial charge in [0.25, 0.3) is 0 Å². The molecule has 1 fully saturated rings. The number of aliphatic imine (C=N–C) groups is 1. The van der Waals surface area contributed by atoms with Gasteiger partial charge in [-0.2, -0.15) is 0 Å². The Morgan fingerprint density at radius 2 is 2.04 bits per heavy atom. The second kappa shape index (κ2) is 10.8. The molecule has 0 amide bonds. The van der Waals surface area contributed by atoms with Gasteiger partial charge in [-0.15, -0.1) is 24.0 Å². The quantitative estimate of drug-likeness (QED) is 0.404. The number of hydrogen-bond donors (Lipinski definition) is 1. The number of nitrogens with one attached hydrogen (secondary N) is 1. The van der Waals surface area contributed by atoms with Crippen LogP contribution < -0.4 is 14.8 Å². The molecule has 2 heterocycles. The highest BCUT2D eigenvalue weighted by Gasteiger charge is 2.19. The highest BCUT2D eigenvalue weighted by atomic mass is 127. The molecule has 1 aromatic carbocycles. The van der Waals surface area contributed by atoms with Crippen molar-refractivity contribution in [3.8, 4) is 11.5 Å². The van der Waals surface area contributed by atoms with Crippen molar-refractivity contribution in [1.82, 2.24) is 10.2 Å². The fourth-order valence-electron chi connectivity index (χ4n) is 3.14. The van der Waals surface area contributed by atoms with Gasteiger partial charge in [-0.1, -0.05) is 6.07 Å². The number of ether oxygens (including phenoxy) is 3. The third-order valence-corrected chi connectivity index (χ3v) is 4.48.